The van der Waals surface area contributed by atoms with Crippen molar-refractivity contribution in [2.75, 3.05) is 26.2 Å². The normalized spacial score (nSPS) is 16.2. The van der Waals surface area contributed by atoms with Crippen LogP contribution in [0, 0.1) is 18.6 Å². The van der Waals surface area contributed by atoms with Gasteiger partial charge in [0.25, 0.3) is 5.91 Å². The highest BCUT2D eigenvalue weighted by Crippen LogP contribution is 2.21. The fourth-order valence-electron chi connectivity index (χ4n) is 2.57. The summed E-state index contributed by atoms with van der Waals surface area (Å²) in [4.78, 5) is 18.3. The number of halogens is 2. The molecule has 1 amide bonds. The van der Waals surface area contributed by atoms with Crippen molar-refractivity contribution in [1.82, 2.24) is 14.2 Å². The van der Waals surface area contributed by atoms with Crippen molar-refractivity contribution in [3.63, 3.8) is 0 Å². The highest BCUT2D eigenvalue weighted by molar-refractivity contribution is 7.89. The lowest BCUT2D eigenvalue weighted by atomic mass is 10.3. The van der Waals surface area contributed by atoms with Gasteiger partial charge in [-0.15, -0.1) is 11.3 Å². The Bertz CT molecular complexity index is 906. The average Bonchev–Trinajstić information content (AvgIpc) is 3.02. The van der Waals surface area contributed by atoms with E-state index in [1.165, 1.54) is 15.6 Å². The topological polar surface area (TPSA) is 70.6 Å². The van der Waals surface area contributed by atoms with Crippen molar-refractivity contribution < 1.29 is 22.0 Å². The number of nitrogens with zero attached hydrogens (tertiary/aromatic N) is 3. The van der Waals surface area contributed by atoms with Gasteiger partial charge in [-0.05, 0) is 25.1 Å². The Kier molecular flexibility index (Phi) is 4.85. The molecule has 0 aliphatic carbocycles. The summed E-state index contributed by atoms with van der Waals surface area (Å²) in [6.45, 7) is 2.36. The molecule has 134 valence electrons. The van der Waals surface area contributed by atoms with E-state index in [0.29, 0.717) is 16.6 Å². The van der Waals surface area contributed by atoms with Gasteiger partial charge in [0.05, 0.1) is 16.1 Å². The molecule has 2 heterocycles. The van der Waals surface area contributed by atoms with E-state index in [2.05, 4.69) is 4.98 Å². The van der Waals surface area contributed by atoms with Crippen LogP contribution in [0.5, 0.6) is 0 Å². The largest absolute Gasteiger partial charge is 0.335 e. The molecule has 1 aliphatic rings. The minimum atomic E-state index is -3.93. The lowest BCUT2D eigenvalue weighted by Crippen LogP contribution is -2.50. The standard InChI is InChI=1S/C15H15F2N3O3S2/c1-10-14(24-9-18-10)15(21)19-4-6-20(7-5-19)25(22,23)11-2-3-12(16)13(17)8-11/h2-3,8-9H,4-7H2,1H3. The number of carbonyl (C=O) groups excluding carboxylic acids is 1. The predicted octanol–water partition coefficient (Wildman–Crippen LogP) is 1.88. The highest BCUT2D eigenvalue weighted by atomic mass is 32.2. The van der Waals surface area contributed by atoms with Gasteiger partial charge >= 0.3 is 0 Å². The fourth-order valence-corrected chi connectivity index (χ4v) is 4.77. The predicted molar refractivity (Wildman–Crippen MR) is 87.9 cm³/mol. The van der Waals surface area contributed by atoms with Gasteiger partial charge in [0.1, 0.15) is 4.88 Å². The zero-order chi connectivity index (χ0) is 18.2. The van der Waals surface area contributed by atoms with Crippen LogP contribution in [0.1, 0.15) is 15.4 Å². The SMILES string of the molecule is Cc1ncsc1C(=O)N1CCN(S(=O)(=O)c2ccc(F)c(F)c2)CC1. The van der Waals surface area contributed by atoms with Gasteiger partial charge in [-0.3, -0.25) is 4.79 Å². The molecular formula is C15H15F2N3O3S2. The first kappa shape index (κ1) is 17.9. The van der Waals surface area contributed by atoms with Gasteiger partial charge in [0, 0.05) is 26.2 Å². The van der Waals surface area contributed by atoms with Crippen molar-refractivity contribution in [1.29, 1.82) is 0 Å². The molecule has 10 heteroatoms. The highest BCUT2D eigenvalue weighted by Gasteiger charge is 2.31. The second-order valence-corrected chi connectivity index (χ2v) is 8.33. The molecule has 0 atom stereocenters. The third kappa shape index (κ3) is 3.42. The zero-order valence-corrected chi connectivity index (χ0v) is 14.9. The Morgan fingerprint density at radius 3 is 2.40 bits per heavy atom. The van der Waals surface area contributed by atoms with E-state index < -0.39 is 21.7 Å². The van der Waals surface area contributed by atoms with Crippen LogP contribution >= 0.6 is 11.3 Å². The van der Waals surface area contributed by atoms with E-state index in [0.717, 1.165) is 12.1 Å². The first-order chi connectivity index (χ1) is 11.8. The Morgan fingerprint density at radius 2 is 1.84 bits per heavy atom. The van der Waals surface area contributed by atoms with E-state index in [9.17, 15) is 22.0 Å². The second-order valence-electron chi connectivity index (χ2n) is 5.54. The van der Waals surface area contributed by atoms with Gasteiger partial charge in [0.15, 0.2) is 11.6 Å². The van der Waals surface area contributed by atoms with Crippen LogP contribution in [0.3, 0.4) is 0 Å². The summed E-state index contributed by atoms with van der Waals surface area (Å²) >= 11 is 1.25. The summed E-state index contributed by atoms with van der Waals surface area (Å²) in [5, 5.41) is 0. The number of benzene rings is 1. The summed E-state index contributed by atoms with van der Waals surface area (Å²) in [5.41, 5.74) is 2.23. The molecule has 0 saturated carbocycles. The maximum Gasteiger partial charge on any atom is 0.265 e. The summed E-state index contributed by atoms with van der Waals surface area (Å²) in [6, 6.07) is 2.49. The van der Waals surface area contributed by atoms with Crippen molar-refractivity contribution in [3.8, 4) is 0 Å². The Morgan fingerprint density at radius 1 is 1.16 bits per heavy atom. The van der Waals surface area contributed by atoms with Gasteiger partial charge in [-0.25, -0.2) is 22.2 Å². The molecule has 3 rings (SSSR count). The minimum absolute atomic E-state index is 0.0882. The van der Waals surface area contributed by atoms with E-state index in [4.69, 9.17) is 0 Å². The van der Waals surface area contributed by atoms with Gasteiger partial charge in [-0.1, -0.05) is 0 Å². The molecule has 2 aromatic rings. The molecule has 1 fully saturated rings. The number of aryl methyl sites for hydroxylation is 1. The molecule has 0 bridgehead atoms. The van der Waals surface area contributed by atoms with Crippen LogP contribution in [-0.2, 0) is 10.0 Å². The molecule has 0 spiro atoms. The number of thiazole rings is 1. The third-order valence-electron chi connectivity index (χ3n) is 3.99. The van der Waals surface area contributed by atoms with Crippen LogP contribution in [-0.4, -0.2) is 54.7 Å². The number of hydrogen-bond donors (Lipinski definition) is 0. The first-order valence-electron chi connectivity index (χ1n) is 7.45. The van der Waals surface area contributed by atoms with Crippen molar-refractivity contribution in [2.24, 2.45) is 0 Å². The molecule has 0 N–H and O–H groups in total. The van der Waals surface area contributed by atoms with Crippen LogP contribution in [0.25, 0.3) is 0 Å². The van der Waals surface area contributed by atoms with Crippen LogP contribution in [0.2, 0.25) is 0 Å². The van der Waals surface area contributed by atoms with E-state index in [1.807, 2.05) is 0 Å². The fraction of sp³-hybridized carbons (Fsp3) is 0.333. The molecule has 1 aliphatic heterocycles. The number of aromatic nitrogens is 1. The Hall–Kier alpha value is -1.91. The van der Waals surface area contributed by atoms with Gasteiger partial charge < -0.3 is 4.90 Å². The van der Waals surface area contributed by atoms with E-state index >= 15 is 0 Å². The van der Waals surface area contributed by atoms with Gasteiger partial charge in [0.2, 0.25) is 10.0 Å². The quantitative estimate of drug-likeness (QED) is 0.806. The average molecular weight is 387 g/mol. The minimum Gasteiger partial charge on any atom is -0.335 e. The molecule has 0 radical (unpaired) electrons. The van der Waals surface area contributed by atoms with Crippen molar-refractivity contribution in [3.05, 3.63) is 45.9 Å². The maximum atomic E-state index is 13.3. The van der Waals surface area contributed by atoms with Crippen LogP contribution in [0.4, 0.5) is 8.78 Å². The Labute approximate surface area is 147 Å². The zero-order valence-electron chi connectivity index (χ0n) is 13.3. The summed E-state index contributed by atoms with van der Waals surface area (Å²) in [7, 11) is -3.93. The molecule has 25 heavy (non-hydrogen) atoms. The number of carbonyl (C=O) groups is 1. The summed E-state index contributed by atoms with van der Waals surface area (Å²) < 4.78 is 52.6. The third-order valence-corrected chi connectivity index (χ3v) is 6.81. The maximum absolute atomic E-state index is 13.3. The second kappa shape index (κ2) is 6.77. The number of rotatable bonds is 3. The lowest BCUT2D eigenvalue weighted by Gasteiger charge is -2.33. The molecule has 1 aromatic heterocycles. The lowest BCUT2D eigenvalue weighted by molar-refractivity contribution is 0.0702. The number of piperazine rings is 1. The smallest absolute Gasteiger partial charge is 0.265 e. The van der Waals surface area contributed by atoms with E-state index in [-0.39, 0.29) is 37.0 Å². The number of amides is 1. The van der Waals surface area contributed by atoms with Crippen molar-refractivity contribution in [2.45, 2.75) is 11.8 Å². The van der Waals surface area contributed by atoms with Crippen molar-refractivity contribution >= 4 is 27.3 Å². The monoisotopic (exact) mass is 387 g/mol. The molecule has 1 saturated heterocycles. The summed E-state index contributed by atoms with van der Waals surface area (Å²) in [5.74, 6) is -2.49. The van der Waals surface area contributed by atoms with Gasteiger partial charge in [-0.2, -0.15) is 4.31 Å². The molecular weight excluding hydrogens is 372 g/mol. The number of hydrogen-bond acceptors (Lipinski definition) is 5. The Balaban J connectivity index is 1.72. The molecule has 0 unspecified atom stereocenters. The molecule has 1 aromatic carbocycles. The summed E-state index contributed by atoms with van der Waals surface area (Å²) in [6.07, 6.45) is 0. The van der Waals surface area contributed by atoms with Crippen LogP contribution in [0.15, 0.2) is 28.6 Å². The van der Waals surface area contributed by atoms with Crippen LogP contribution < -0.4 is 0 Å². The number of sulfonamides is 1. The molecule has 6 nitrogen and oxygen atoms in total. The van der Waals surface area contributed by atoms with E-state index in [1.54, 1.807) is 17.3 Å². The first-order valence-corrected chi connectivity index (χ1v) is 9.77.